The highest BCUT2D eigenvalue weighted by Crippen LogP contribution is 2.35. The van der Waals surface area contributed by atoms with Crippen LogP contribution < -0.4 is 0 Å². The van der Waals surface area contributed by atoms with Gasteiger partial charge in [-0.2, -0.15) is 0 Å². The average molecular weight is 428 g/mol. The van der Waals surface area contributed by atoms with Crippen LogP contribution in [0.5, 0.6) is 0 Å². The molecule has 0 radical (unpaired) electrons. The van der Waals surface area contributed by atoms with Crippen molar-refractivity contribution in [3.05, 3.63) is 89.0 Å². The van der Waals surface area contributed by atoms with Gasteiger partial charge in [0.1, 0.15) is 5.82 Å². The lowest BCUT2D eigenvalue weighted by Gasteiger charge is -2.03. The topological polar surface area (TPSA) is 44.5 Å². The molecule has 4 heteroatoms. The lowest BCUT2D eigenvalue weighted by Crippen LogP contribution is -1.84. The van der Waals surface area contributed by atoms with Crippen molar-refractivity contribution < 1.29 is 0 Å². The van der Waals surface area contributed by atoms with Crippen LogP contribution in [-0.2, 0) is 0 Å². The minimum Gasteiger partial charge on any atom is -0.360 e. The first-order chi connectivity index (χ1) is 13.7. The van der Waals surface area contributed by atoms with Gasteiger partial charge in [0.15, 0.2) is 0 Å². The number of aryl methyl sites for hydroxylation is 1. The molecular weight excluding hydrogens is 410 g/mol. The Bertz CT molecular complexity index is 1260. The maximum atomic E-state index is 5.01. The number of halogens is 1. The third-order valence-electron chi connectivity index (χ3n) is 4.99. The van der Waals surface area contributed by atoms with Crippen molar-refractivity contribution in [3.8, 4) is 33.9 Å². The minimum absolute atomic E-state index is 0.860. The van der Waals surface area contributed by atoms with Crippen LogP contribution in [0.25, 0.3) is 44.8 Å². The third-order valence-corrected chi connectivity index (χ3v) is 5.48. The molecule has 2 N–H and O–H groups in total. The van der Waals surface area contributed by atoms with Crippen LogP contribution in [0.15, 0.2) is 83.5 Å². The van der Waals surface area contributed by atoms with Crippen molar-refractivity contribution in [1.29, 1.82) is 0 Å². The number of benzene rings is 3. The van der Waals surface area contributed by atoms with E-state index in [0.29, 0.717) is 0 Å². The predicted molar refractivity (Wildman–Crippen MR) is 119 cm³/mol. The highest BCUT2D eigenvalue weighted by Gasteiger charge is 2.17. The number of aromatic amines is 2. The van der Waals surface area contributed by atoms with E-state index < -0.39 is 0 Å². The summed E-state index contributed by atoms with van der Waals surface area (Å²) < 4.78 is 1.05. The molecule has 0 unspecified atom stereocenters. The quantitative estimate of drug-likeness (QED) is 0.321. The van der Waals surface area contributed by atoms with Gasteiger partial charge in [-0.25, -0.2) is 4.98 Å². The van der Waals surface area contributed by atoms with Gasteiger partial charge >= 0.3 is 0 Å². The van der Waals surface area contributed by atoms with Gasteiger partial charge in [0.2, 0.25) is 0 Å². The van der Waals surface area contributed by atoms with Crippen LogP contribution in [0.2, 0.25) is 0 Å². The Labute approximate surface area is 171 Å². The summed E-state index contributed by atoms with van der Waals surface area (Å²) in [7, 11) is 0. The van der Waals surface area contributed by atoms with E-state index in [4.69, 9.17) is 4.98 Å². The summed E-state index contributed by atoms with van der Waals surface area (Å²) in [4.78, 5) is 11.9. The van der Waals surface area contributed by atoms with E-state index in [0.717, 1.165) is 49.3 Å². The molecule has 0 amide bonds. The normalized spacial score (nSPS) is 11.2. The van der Waals surface area contributed by atoms with Gasteiger partial charge in [0.25, 0.3) is 0 Å². The maximum absolute atomic E-state index is 5.01. The molecule has 3 nitrogen and oxygen atoms in total. The highest BCUT2D eigenvalue weighted by molar-refractivity contribution is 9.10. The molecule has 0 saturated carbocycles. The third kappa shape index (κ3) is 2.96. The van der Waals surface area contributed by atoms with Crippen molar-refractivity contribution in [2.24, 2.45) is 0 Å². The number of hydrogen-bond acceptors (Lipinski definition) is 1. The van der Waals surface area contributed by atoms with Gasteiger partial charge in [-0.15, -0.1) is 0 Å². The standard InChI is InChI=1S/C24H18BrN3/c1-15-7-9-17(10-8-15)23-22(16-5-3-2-4-6-16)27-24(28-23)20-14-26-21-12-11-18(25)13-19(20)21/h2-14,26H,1H3,(H,27,28). The summed E-state index contributed by atoms with van der Waals surface area (Å²) >= 11 is 3.58. The number of imidazole rings is 1. The summed E-state index contributed by atoms with van der Waals surface area (Å²) in [6, 6.07) is 25.1. The Morgan fingerprint density at radius 1 is 0.857 bits per heavy atom. The second kappa shape index (κ2) is 6.80. The van der Waals surface area contributed by atoms with E-state index in [1.54, 1.807) is 0 Å². The van der Waals surface area contributed by atoms with E-state index in [2.05, 4.69) is 81.4 Å². The molecule has 0 aliphatic heterocycles. The lowest BCUT2D eigenvalue weighted by molar-refractivity contribution is 1.31. The fourth-order valence-electron chi connectivity index (χ4n) is 3.52. The van der Waals surface area contributed by atoms with Crippen molar-refractivity contribution in [3.63, 3.8) is 0 Å². The summed E-state index contributed by atoms with van der Waals surface area (Å²) in [5.41, 5.74) is 7.62. The zero-order chi connectivity index (χ0) is 19.1. The van der Waals surface area contributed by atoms with Gasteiger partial charge in [-0.1, -0.05) is 76.1 Å². The molecule has 0 spiro atoms. The maximum Gasteiger partial charge on any atom is 0.140 e. The van der Waals surface area contributed by atoms with Crippen molar-refractivity contribution in [2.75, 3.05) is 0 Å². The van der Waals surface area contributed by atoms with Crippen LogP contribution in [0.1, 0.15) is 5.56 Å². The molecule has 28 heavy (non-hydrogen) atoms. The first-order valence-corrected chi connectivity index (χ1v) is 9.98. The highest BCUT2D eigenvalue weighted by atomic mass is 79.9. The SMILES string of the molecule is Cc1ccc(-c2[nH]c(-c3c[nH]c4ccc(Br)cc34)nc2-c2ccccc2)cc1. The zero-order valence-corrected chi connectivity index (χ0v) is 16.9. The molecule has 5 rings (SSSR count). The van der Waals surface area contributed by atoms with Crippen LogP contribution in [0, 0.1) is 6.92 Å². The van der Waals surface area contributed by atoms with Gasteiger partial charge in [0, 0.05) is 38.3 Å². The summed E-state index contributed by atoms with van der Waals surface area (Å²) in [6.07, 6.45) is 2.02. The molecule has 3 aromatic carbocycles. The van der Waals surface area contributed by atoms with Crippen molar-refractivity contribution >= 4 is 26.8 Å². The smallest absolute Gasteiger partial charge is 0.140 e. The predicted octanol–water partition coefficient (Wildman–Crippen LogP) is 6.96. The molecule has 0 atom stereocenters. The summed E-state index contributed by atoms with van der Waals surface area (Å²) in [6.45, 7) is 2.10. The number of H-pyrrole nitrogens is 2. The van der Waals surface area contributed by atoms with E-state index >= 15 is 0 Å². The molecule has 2 aromatic heterocycles. The fourth-order valence-corrected chi connectivity index (χ4v) is 3.88. The number of nitrogens with one attached hydrogen (secondary N) is 2. The molecule has 0 aliphatic rings. The van der Waals surface area contributed by atoms with E-state index in [-0.39, 0.29) is 0 Å². The average Bonchev–Trinajstić information content (AvgIpc) is 3.33. The monoisotopic (exact) mass is 427 g/mol. The number of nitrogens with zero attached hydrogens (tertiary/aromatic N) is 1. The fraction of sp³-hybridized carbons (Fsp3) is 0.0417. The number of aromatic nitrogens is 3. The van der Waals surface area contributed by atoms with Crippen LogP contribution >= 0.6 is 15.9 Å². The molecule has 0 fully saturated rings. The Kier molecular flexibility index (Phi) is 4.14. The number of fused-ring (bicyclic) bond motifs is 1. The lowest BCUT2D eigenvalue weighted by atomic mass is 10.0. The first kappa shape index (κ1) is 17.0. The Morgan fingerprint density at radius 2 is 1.64 bits per heavy atom. The largest absolute Gasteiger partial charge is 0.360 e. The number of rotatable bonds is 3. The Balaban J connectivity index is 1.73. The molecule has 0 aliphatic carbocycles. The first-order valence-electron chi connectivity index (χ1n) is 9.18. The van der Waals surface area contributed by atoms with Gasteiger partial charge in [0.05, 0.1) is 11.4 Å². The Hall–Kier alpha value is -3.11. The molecule has 5 aromatic rings. The number of hydrogen-bond donors (Lipinski definition) is 2. The zero-order valence-electron chi connectivity index (χ0n) is 15.3. The van der Waals surface area contributed by atoms with Crippen LogP contribution in [0.3, 0.4) is 0 Å². The van der Waals surface area contributed by atoms with Crippen LogP contribution in [-0.4, -0.2) is 15.0 Å². The molecule has 2 heterocycles. The van der Waals surface area contributed by atoms with Crippen molar-refractivity contribution in [1.82, 2.24) is 15.0 Å². The minimum atomic E-state index is 0.860. The van der Waals surface area contributed by atoms with Crippen molar-refractivity contribution in [2.45, 2.75) is 6.92 Å². The summed E-state index contributed by atoms with van der Waals surface area (Å²) in [5.74, 6) is 0.860. The Morgan fingerprint density at radius 3 is 2.43 bits per heavy atom. The van der Waals surface area contributed by atoms with Gasteiger partial charge < -0.3 is 9.97 Å². The molecule has 136 valence electrons. The second-order valence-corrected chi connectivity index (χ2v) is 7.85. The van der Waals surface area contributed by atoms with E-state index in [1.807, 2.05) is 30.5 Å². The van der Waals surface area contributed by atoms with E-state index in [9.17, 15) is 0 Å². The van der Waals surface area contributed by atoms with Crippen LogP contribution in [0.4, 0.5) is 0 Å². The summed E-state index contributed by atoms with van der Waals surface area (Å²) in [5, 5.41) is 1.14. The van der Waals surface area contributed by atoms with E-state index in [1.165, 1.54) is 5.56 Å². The second-order valence-electron chi connectivity index (χ2n) is 6.93. The van der Waals surface area contributed by atoms with Gasteiger partial charge in [-0.05, 0) is 25.1 Å². The molecule has 0 bridgehead atoms. The molecule has 0 saturated heterocycles. The van der Waals surface area contributed by atoms with Gasteiger partial charge in [-0.3, -0.25) is 0 Å². The molecular formula is C24H18BrN3.